The number of aliphatic imine (C=N–C) groups is 1. The van der Waals surface area contributed by atoms with E-state index < -0.39 is 0 Å². The van der Waals surface area contributed by atoms with Crippen LogP contribution in [0, 0.1) is 0 Å². The Kier molecular flexibility index (Phi) is 12.7. The van der Waals surface area contributed by atoms with E-state index in [1.165, 1.54) is 25.9 Å². The molecule has 29 heavy (non-hydrogen) atoms. The van der Waals surface area contributed by atoms with Crippen LogP contribution in [0.3, 0.4) is 0 Å². The van der Waals surface area contributed by atoms with E-state index in [4.69, 9.17) is 19.2 Å². The zero-order valence-electron chi connectivity index (χ0n) is 19.1. The number of benzene rings is 1. The lowest BCUT2D eigenvalue weighted by Gasteiger charge is -2.21. The van der Waals surface area contributed by atoms with Crippen LogP contribution in [0.25, 0.3) is 0 Å². The Labute approximate surface area is 176 Å². The maximum atomic E-state index is 5.43. The largest absolute Gasteiger partial charge is 0.493 e. The summed E-state index contributed by atoms with van der Waals surface area (Å²) in [5, 5.41) is 6.74. The van der Waals surface area contributed by atoms with Crippen LogP contribution in [-0.4, -0.2) is 64.9 Å². The van der Waals surface area contributed by atoms with Gasteiger partial charge in [-0.1, -0.05) is 13.8 Å². The third-order valence-corrected chi connectivity index (χ3v) is 4.51. The van der Waals surface area contributed by atoms with Gasteiger partial charge in [0, 0.05) is 13.1 Å². The molecule has 166 valence electrons. The summed E-state index contributed by atoms with van der Waals surface area (Å²) in [6.07, 6.45) is 3.49. The van der Waals surface area contributed by atoms with Crippen LogP contribution < -0.4 is 24.8 Å². The molecule has 0 aromatic heterocycles. The summed E-state index contributed by atoms with van der Waals surface area (Å²) in [7, 11) is 4.85. The monoisotopic (exact) mass is 408 g/mol. The van der Waals surface area contributed by atoms with Crippen LogP contribution >= 0.6 is 0 Å². The fourth-order valence-electron chi connectivity index (χ4n) is 3.22. The Balaban J connectivity index is 2.70. The predicted molar refractivity (Wildman–Crippen MR) is 121 cm³/mol. The van der Waals surface area contributed by atoms with E-state index in [1.54, 1.807) is 21.3 Å². The highest BCUT2D eigenvalue weighted by molar-refractivity contribution is 5.79. The number of guanidine groups is 1. The summed E-state index contributed by atoms with van der Waals surface area (Å²) in [6, 6.07) is 3.86. The highest BCUT2D eigenvalue weighted by Gasteiger charge is 2.13. The standard InChI is InChI=1S/C22H40N4O3/c1-7-12-26(13-8-2)14-10-11-24-22(23-9-3)25-17-18-15-19(27-4)21(29-6)20(16-18)28-5/h15-16H,7-14,17H2,1-6H3,(H2,23,24,25). The van der Waals surface area contributed by atoms with E-state index in [9.17, 15) is 0 Å². The molecule has 0 amide bonds. The fraction of sp³-hybridized carbons (Fsp3) is 0.682. The summed E-state index contributed by atoms with van der Waals surface area (Å²) in [5.41, 5.74) is 0.994. The van der Waals surface area contributed by atoms with E-state index in [0.29, 0.717) is 23.8 Å². The molecule has 1 aromatic rings. The normalized spacial score (nSPS) is 11.5. The second kappa shape index (κ2) is 14.8. The van der Waals surface area contributed by atoms with Crippen molar-refractivity contribution in [2.45, 2.75) is 46.6 Å². The molecule has 0 atom stereocenters. The number of nitrogens with one attached hydrogen (secondary N) is 2. The maximum Gasteiger partial charge on any atom is 0.203 e. The molecule has 1 aromatic carbocycles. The Morgan fingerprint density at radius 2 is 1.52 bits per heavy atom. The molecule has 0 bridgehead atoms. The fourth-order valence-corrected chi connectivity index (χ4v) is 3.22. The molecule has 0 aliphatic carbocycles. The molecule has 0 fully saturated rings. The minimum absolute atomic E-state index is 0.518. The van der Waals surface area contributed by atoms with Gasteiger partial charge < -0.3 is 29.7 Å². The van der Waals surface area contributed by atoms with Gasteiger partial charge in [0.15, 0.2) is 17.5 Å². The first-order valence-electron chi connectivity index (χ1n) is 10.7. The first-order chi connectivity index (χ1) is 14.1. The van der Waals surface area contributed by atoms with Gasteiger partial charge in [-0.15, -0.1) is 0 Å². The van der Waals surface area contributed by atoms with Crippen molar-refractivity contribution in [2.75, 3.05) is 54.1 Å². The van der Waals surface area contributed by atoms with Crippen molar-refractivity contribution >= 4 is 5.96 Å². The summed E-state index contributed by atoms with van der Waals surface area (Å²) in [6.45, 7) is 12.2. The average molecular weight is 409 g/mol. The summed E-state index contributed by atoms with van der Waals surface area (Å²) in [4.78, 5) is 7.24. The highest BCUT2D eigenvalue weighted by Crippen LogP contribution is 2.38. The Hall–Kier alpha value is -2.15. The van der Waals surface area contributed by atoms with Crippen molar-refractivity contribution in [3.8, 4) is 17.2 Å². The van der Waals surface area contributed by atoms with Crippen molar-refractivity contribution in [1.29, 1.82) is 0 Å². The van der Waals surface area contributed by atoms with Crippen molar-refractivity contribution in [1.82, 2.24) is 15.5 Å². The number of methoxy groups -OCH3 is 3. The summed E-state index contributed by atoms with van der Waals surface area (Å²) < 4.78 is 16.2. The quantitative estimate of drug-likeness (QED) is 0.280. The van der Waals surface area contributed by atoms with Crippen LogP contribution in [0.2, 0.25) is 0 Å². The molecule has 0 saturated carbocycles. The van der Waals surface area contributed by atoms with Gasteiger partial charge in [0.2, 0.25) is 5.75 Å². The molecule has 7 nitrogen and oxygen atoms in total. The molecule has 2 N–H and O–H groups in total. The molecule has 0 spiro atoms. The van der Waals surface area contributed by atoms with Crippen molar-refractivity contribution in [3.05, 3.63) is 17.7 Å². The molecule has 0 aliphatic heterocycles. The van der Waals surface area contributed by atoms with Gasteiger partial charge in [0.25, 0.3) is 0 Å². The Morgan fingerprint density at radius 1 is 0.897 bits per heavy atom. The molecule has 0 radical (unpaired) electrons. The van der Waals surface area contributed by atoms with Crippen LogP contribution in [0.1, 0.15) is 45.6 Å². The van der Waals surface area contributed by atoms with Crippen LogP contribution in [0.15, 0.2) is 17.1 Å². The SMILES string of the molecule is CCCN(CCC)CCCNC(=NCc1cc(OC)c(OC)c(OC)c1)NCC. The third-order valence-electron chi connectivity index (χ3n) is 4.51. The summed E-state index contributed by atoms with van der Waals surface area (Å²) >= 11 is 0. The Morgan fingerprint density at radius 3 is 2.00 bits per heavy atom. The van der Waals surface area contributed by atoms with Crippen molar-refractivity contribution in [2.24, 2.45) is 4.99 Å². The van der Waals surface area contributed by atoms with E-state index in [2.05, 4.69) is 36.3 Å². The Bertz CT molecular complexity index is 577. The topological polar surface area (TPSA) is 67.4 Å². The zero-order chi connectivity index (χ0) is 21.5. The van der Waals surface area contributed by atoms with Gasteiger partial charge in [-0.25, -0.2) is 4.99 Å². The second-order valence-corrected chi connectivity index (χ2v) is 6.85. The molecule has 0 aliphatic rings. The molecule has 0 unspecified atom stereocenters. The lowest BCUT2D eigenvalue weighted by atomic mass is 10.2. The maximum absolute atomic E-state index is 5.43. The van der Waals surface area contributed by atoms with Gasteiger partial charge in [0.1, 0.15) is 0 Å². The number of hydrogen-bond donors (Lipinski definition) is 2. The van der Waals surface area contributed by atoms with Crippen LogP contribution in [0.4, 0.5) is 0 Å². The number of nitrogens with zero attached hydrogens (tertiary/aromatic N) is 2. The van der Waals surface area contributed by atoms with Gasteiger partial charge in [-0.3, -0.25) is 0 Å². The molecule has 0 saturated heterocycles. The predicted octanol–water partition coefficient (Wildman–Crippen LogP) is 3.28. The van der Waals surface area contributed by atoms with Crippen LogP contribution in [-0.2, 0) is 6.54 Å². The minimum atomic E-state index is 0.518. The summed E-state index contributed by atoms with van der Waals surface area (Å²) in [5.74, 6) is 2.69. The van der Waals surface area contributed by atoms with E-state index in [0.717, 1.165) is 37.6 Å². The first-order valence-corrected chi connectivity index (χ1v) is 10.7. The lowest BCUT2D eigenvalue weighted by Crippen LogP contribution is -2.39. The lowest BCUT2D eigenvalue weighted by molar-refractivity contribution is 0.271. The van der Waals surface area contributed by atoms with E-state index in [1.807, 2.05) is 12.1 Å². The smallest absolute Gasteiger partial charge is 0.203 e. The van der Waals surface area contributed by atoms with Gasteiger partial charge in [-0.2, -0.15) is 0 Å². The van der Waals surface area contributed by atoms with Gasteiger partial charge >= 0.3 is 0 Å². The van der Waals surface area contributed by atoms with Crippen molar-refractivity contribution in [3.63, 3.8) is 0 Å². The molecular weight excluding hydrogens is 368 g/mol. The molecule has 1 rings (SSSR count). The number of rotatable bonds is 14. The number of ether oxygens (including phenoxy) is 3. The van der Waals surface area contributed by atoms with Gasteiger partial charge in [-0.05, 0) is 63.5 Å². The number of hydrogen-bond acceptors (Lipinski definition) is 5. The van der Waals surface area contributed by atoms with Crippen molar-refractivity contribution < 1.29 is 14.2 Å². The molecule has 7 heteroatoms. The van der Waals surface area contributed by atoms with Gasteiger partial charge in [0.05, 0.1) is 27.9 Å². The third kappa shape index (κ3) is 8.81. The minimum Gasteiger partial charge on any atom is -0.493 e. The zero-order valence-corrected chi connectivity index (χ0v) is 19.1. The second-order valence-electron chi connectivity index (χ2n) is 6.85. The van der Waals surface area contributed by atoms with Crippen LogP contribution in [0.5, 0.6) is 17.2 Å². The first kappa shape index (κ1) is 24.9. The average Bonchev–Trinajstić information content (AvgIpc) is 2.74. The van der Waals surface area contributed by atoms with E-state index in [-0.39, 0.29) is 0 Å². The van der Waals surface area contributed by atoms with E-state index >= 15 is 0 Å². The highest BCUT2D eigenvalue weighted by atomic mass is 16.5. The molecular formula is C22H40N4O3. The molecule has 0 heterocycles.